The van der Waals surface area contributed by atoms with Crippen LogP contribution in [0.1, 0.15) is 34.1 Å². The molecule has 0 fully saturated rings. The lowest BCUT2D eigenvalue weighted by Crippen LogP contribution is -2.36. The summed E-state index contributed by atoms with van der Waals surface area (Å²) in [5, 5.41) is 14.9. The predicted molar refractivity (Wildman–Crippen MR) is 112 cm³/mol. The molecule has 1 heterocycles. The van der Waals surface area contributed by atoms with E-state index in [0.29, 0.717) is 48.2 Å². The van der Waals surface area contributed by atoms with E-state index in [0.717, 1.165) is 0 Å². The van der Waals surface area contributed by atoms with Crippen LogP contribution >= 0.6 is 0 Å². The fraction of sp³-hybridized carbons (Fsp3) is 0.238. The first-order valence-corrected chi connectivity index (χ1v) is 9.53. The van der Waals surface area contributed by atoms with Crippen molar-refractivity contribution in [2.75, 3.05) is 13.1 Å². The average Bonchev–Trinajstić information content (AvgIpc) is 2.73. The zero-order valence-corrected chi connectivity index (χ0v) is 16.4. The van der Waals surface area contributed by atoms with Crippen molar-refractivity contribution in [2.24, 2.45) is 0 Å². The molecule has 0 aliphatic carbocycles. The highest BCUT2D eigenvalue weighted by Gasteiger charge is 2.11. The molecule has 0 bridgehead atoms. The number of aromatic hydroxyl groups is 1. The van der Waals surface area contributed by atoms with E-state index < -0.39 is 11.1 Å². The van der Waals surface area contributed by atoms with E-state index in [1.165, 1.54) is 22.8 Å². The number of nitrogens with one attached hydrogen (secondary N) is 3. The van der Waals surface area contributed by atoms with Gasteiger partial charge in [-0.1, -0.05) is 6.07 Å². The second kappa shape index (κ2) is 9.08. The molecule has 0 aliphatic heterocycles. The fourth-order valence-corrected chi connectivity index (χ4v) is 3.08. The quantitative estimate of drug-likeness (QED) is 0.340. The number of phenols is 1. The Bertz CT molecular complexity index is 1210. The number of hydrogen-bond donors (Lipinski definition) is 4. The summed E-state index contributed by atoms with van der Waals surface area (Å²) < 4.78 is 1.35. The summed E-state index contributed by atoms with van der Waals surface area (Å²) in [6, 6.07) is 10.8. The molecule has 1 aromatic heterocycles. The predicted octanol–water partition coefficient (Wildman–Crippen LogP) is 0.965. The molecule has 30 heavy (non-hydrogen) atoms. The van der Waals surface area contributed by atoms with Gasteiger partial charge in [0.2, 0.25) is 0 Å². The molecule has 0 spiro atoms. The molecule has 156 valence electrons. The molecule has 0 saturated carbocycles. The number of H-pyrrole nitrogens is 1. The van der Waals surface area contributed by atoms with Crippen molar-refractivity contribution in [1.29, 1.82) is 0 Å². The van der Waals surface area contributed by atoms with Gasteiger partial charge in [-0.05, 0) is 49.7 Å². The Morgan fingerprint density at radius 2 is 1.67 bits per heavy atom. The van der Waals surface area contributed by atoms with Crippen LogP contribution in [0, 0.1) is 0 Å². The highest BCUT2D eigenvalue weighted by atomic mass is 16.3. The largest absolute Gasteiger partial charge is 0.508 e. The standard InChI is InChI=1S/C21H22N4O5/c1-2-25-17-8-7-14(12-16(17)24-20(29)21(25)30)19(28)23-10-4-9-22-18(27)13-5-3-6-15(26)11-13/h3,5-8,11-12,26H,2,4,9-10H2,1H3,(H,22,27)(H,23,28)(H,24,29). The van der Waals surface area contributed by atoms with E-state index in [1.807, 2.05) is 0 Å². The van der Waals surface area contributed by atoms with Crippen LogP contribution < -0.4 is 21.8 Å². The van der Waals surface area contributed by atoms with Gasteiger partial charge >= 0.3 is 11.1 Å². The van der Waals surface area contributed by atoms with Gasteiger partial charge in [0.1, 0.15) is 5.75 Å². The molecule has 0 unspecified atom stereocenters. The lowest BCUT2D eigenvalue weighted by Gasteiger charge is -2.10. The maximum atomic E-state index is 12.4. The molecule has 0 aliphatic rings. The summed E-state index contributed by atoms with van der Waals surface area (Å²) >= 11 is 0. The Kier molecular flexibility index (Phi) is 6.31. The number of aromatic nitrogens is 2. The SMILES string of the molecule is CCn1c(=O)c(=O)[nH]c2cc(C(=O)NCCCNC(=O)c3cccc(O)c3)ccc21. The molecule has 0 saturated heterocycles. The van der Waals surface area contributed by atoms with E-state index in [2.05, 4.69) is 15.6 Å². The maximum absolute atomic E-state index is 12.4. The van der Waals surface area contributed by atoms with Crippen molar-refractivity contribution < 1.29 is 14.7 Å². The van der Waals surface area contributed by atoms with Crippen molar-refractivity contribution in [1.82, 2.24) is 20.2 Å². The van der Waals surface area contributed by atoms with Gasteiger partial charge in [0.15, 0.2) is 0 Å². The molecular weight excluding hydrogens is 388 g/mol. The molecule has 9 nitrogen and oxygen atoms in total. The number of amides is 2. The highest BCUT2D eigenvalue weighted by molar-refractivity contribution is 5.97. The first kappa shape index (κ1) is 20.8. The Hall–Kier alpha value is -3.88. The number of hydrogen-bond acceptors (Lipinski definition) is 5. The summed E-state index contributed by atoms with van der Waals surface area (Å²) in [6.45, 7) is 2.80. The molecule has 2 aromatic carbocycles. The molecular formula is C21H22N4O5. The monoisotopic (exact) mass is 410 g/mol. The Balaban J connectivity index is 1.55. The van der Waals surface area contributed by atoms with E-state index in [4.69, 9.17) is 0 Å². The van der Waals surface area contributed by atoms with Crippen molar-refractivity contribution in [2.45, 2.75) is 19.9 Å². The number of phenolic OH excluding ortho intramolecular Hbond substituents is 1. The summed E-state index contributed by atoms with van der Waals surface area (Å²) in [5.74, 6) is -0.619. The number of aryl methyl sites for hydroxylation is 1. The first-order valence-electron chi connectivity index (χ1n) is 9.53. The van der Waals surface area contributed by atoms with Crippen LogP contribution in [0.4, 0.5) is 0 Å². The Morgan fingerprint density at radius 1 is 1.00 bits per heavy atom. The van der Waals surface area contributed by atoms with Gasteiger partial charge in [0.25, 0.3) is 11.8 Å². The highest BCUT2D eigenvalue weighted by Crippen LogP contribution is 2.12. The van der Waals surface area contributed by atoms with E-state index in [1.54, 1.807) is 31.2 Å². The van der Waals surface area contributed by atoms with Crippen molar-refractivity contribution >= 4 is 22.8 Å². The molecule has 2 amide bonds. The minimum absolute atomic E-state index is 0.0163. The third-order valence-electron chi connectivity index (χ3n) is 4.59. The Morgan fingerprint density at radius 3 is 2.30 bits per heavy atom. The lowest BCUT2D eigenvalue weighted by molar-refractivity contribution is 0.0951. The topological polar surface area (TPSA) is 133 Å². The van der Waals surface area contributed by atoms with Gasteiger partial charge in [-0.3, -0.25) is 19.2 Å². The van der Waals surface area contributed by atoms with Gasteiger partial charge in [-0.25, -0.2) is 0 Å². The Labute approximate surface area is 171 Å². The average molecular weight is 410 g/mol. The third kappa shape index (κ3) is 4.57. The third-order valence-corrected chi connectivity index (χ3v) is 4.59. The van der Waals surface area contributed by atoms with Crippen molar-refractivity contribution in [3.8, 4) is 5.75 Å². The van der Waals surface area contributed by atoms with E-state index in [-0.39, 0.29) is 17.6 Å². The number of fused-ring (bicyclic) bond motifs is 1. The number of carbonyl (C=O) groups excluding carboxylic acids is 2. The van der Waals surface area contributed by atoms with E-state index >= 15 is 0 Å². The van der Waals surface area contributed by atoms with Crippen molar-refractivity contribution in [3.05, 3.63) is 74.3 Å². The number of nitrogens with zero attached hydrogens (tertiary/aromatic N) is 1. The lowest BCUT2D eigenvalue weighted by atomic mass is 10.1. The zero-order valence-electron chi connectivity index (χ0n) is 16.4. The van der Waals surface area contributed by atoms with Gasteiger partial charge in [-0.15, -0.1) is 0 Å². The smallest absolute Gasteiger partial charge is 0.316 e. The van der Waals surface area contributed by atoms with Gasteiger partial charge in [-0.2, -0.15) is 0 Å². The van der Waals surface area contributed by atoms with E-state index in [9.17, 15) is 24.3 Å². The molecule has 9 heteroatoms. The summed E-state index contributed by atoms with van der Waals surface area (Å²) in [4.78, 5) is 50.5. The van der Waals surface area contributed by atoms with Crippen LogP contribution in [0.15, 0.2) is 52.1 Å². The molecule has 3 rings (SSSR count). The van der Waals surface area contributed by atoms with Crippen LogP contribution in [0.2, 0.25) is 0 Å². The number of benzene rings is 2. The molecule has 0 radical (unpaired) electrons. The normalized spacial score (nSPS) is 10.7. The van der Waals surface area contributed by atoms with Crippen LogP contribution in [0.3, 0.4) is 0 Å². The molecule has 0 atom stereocenters. The molecule has 3 aromatic rings. The van der Waals surface area contributed by atoms with Crippen molar-refractivity contribution in [3.63, 3.8) is 0 Å². The van der Waals surface area contributed by atoms with Gasteiger partial charge < -0.3 is 25.3 Å². The summed E-state index contributed by atoms with van der Waals surface area (Å²) in [7, 11) is 0. The summed E-state index contributed by atoms with van der Waals surface area (Å²) in [5.41, 5.74) is 0.304. The van der Waals surface area contributed by atoms with Crippen LogP contribution in [0.25, 0.3) is 11.0 Å². The number of carbonyl (C=O) groups is 2. The minimum atomic E-state index is -0.732. The maximum Gasteiger partial charge on any atom is 0.316 e. The fourth-order valence-electron chi connectivity index (χ4n) is 3.08. The second-order valence-corrected chi connectivity index (χ2v) is 6.65. The first-order chi connectivity index (χ1) is 14.4. The molecule has 4 N–H and O–H groups in total. The van der Waals surface area contributed by atoms with Crippen LogP contribution in [0.5, 0.6) is 5.75 Å². The summed E-state index contributed by atoms with van der Waals surface area (Å²) in [6.07, 6.45) is 0.510. The van der Waals surface area contributed by atoms with Gasteiger partial charge in [0.05, 0.1) is 11.0 Å². The van der Waals surface area contributed by atoms with Crippen LogP contribution in [-0.4, -0.2) is 39.6 Å². The zero-order chi connectivity index (χ0) is 21.7. The van der Waals surface area contributed by atoms with Crippen LogP contribution in [-0.2, 0) is 6.54 Å². The minimum Gasteiger partial charge on any atom is -0.508 e. The number of rotatable bonds is 7. The second-order valence-electron chi connectivity index (χ2n) is 6.65. The van der Waals surface area contributed by atoms with Gasteiger partial charge in [0, 0.05) is 30.8 Å². The number of aromatic amines is 1.